The number of aromatic nitrogens is 1. The summed E-state index contributed by atoms with van der Waals surface area (Å²) in [4.78, 5) is 15.3. The smallest absolute Gasteiger partial charge is 0.341 e. The number of nitrogens with two attached hydrogens (primary N) is 1. The molecule has 0 fully saturated rings. The number of anilines is 1. The van der Waals surface area contributed by atoms with Gasteiger partial charge in [0, 0.05) is 24.7 Å². The first-order valence-electron chi connectivity index (χ1n) is 5.16. The first-order chi connectivity index (χ1) is 8.19. The van der Waals surface area contributed by atoms with E-state index in [1.165, 1.54) is 13.3 Å². The normalized spacial score (nSPS) is 9.29. The van der Waals surface area contributed by atoms with E-state index < -0.39 is 5.97 Å². The SMILES string of the molecule is CNCCC#Cc1cnc(N)c(C(=O)OC)c1. The lowest BCUT2D eigenvalue weighted by Crippen LogP contribution is -2.07. The Labute approximate surface area is 100 Å². The lowest BCUT2D eigenvalue weighted by molar-refractivity contribution is 0.0601. The van der Waals surface area contributed by atoms with Crippen LogP contribution in [-0.2, 0) is 4.74 Å². The van der Waals surface area contributed by atoms with Gasteiger partial charge < -0.3 is 15.8 Å². The van der Waals surface area contributed by atoms with Gasteiger partial charge in [0.2, 0.25) is 0 Å². The number of pyridine rings is 1. The zero-order chi connectivity index (χ0) is 12.7. The van der Waals surface area contributed by atoms with Crippen LogP contribution in [-0.4, -0.2) is 31.7 Å². The summed E-state index contributed by atoms with van der Waals surface area (Å²) in [6.07, 6.45) is 2.27. The molecule has 3 N–H and O–H groups in total. The summed E-state index contributed by atoms with van der Waals surface area (Å²) in [5.74, 6) is 5.52. The first kappa shape index (κ1) is 13.0. The molecular weight excluding hydrogens is 218 g/mol. The van der Waals surface area contributed by atoms with Gasteiger partial charge in [-0.15, -0.1) is 0 Å². The number of rotatable bonds is 3. The van der Waals surface area contributed by atoms with Crippen LogP contribution in [0.15, 0.2) is 12.3 Å². The van der Waals surface area contributed by atoms with Crippen LogP contribution in [0.2, 0.25) is 0 Å². The van der Waals surface area contributed by atoms with Crippen molar-refractivity contribution in [2.45, 2.75) is 6.42 Å². The number of carbonyl (C=O) groups is 1. The topological polar surface area (TPSA) is 77.2 Å². The van der Waals surface area contributed by atoms with Crippen molar-refractivity contribution in [2.24, 2.45) is 0 Å². The average Bonchev–Trinajstić information content (AvgIpc) is 2.35. The van der Waals surface area contributed by atoms with E-state index in [1.54, 1.807) is 6.07 Å². The van der Waals surface area contributed by atoms with Crippen molar-refractivity contribution in [3.05, 3.63) is 23.4 Å². The lowest BCUT2D eigenvalue weighted by atomic mass is 10.2. The average molecular weight is 233 g/mol. The number of hydrogen-bond acceptors (Lipinski definition) is 5. The molecular formula is C12H15N3O2. The number of methoxy groups -OCH3 is 1. The molecule has 1 heterocycles. The molecule has 5 nitrogen and oxygen atoms in total. The highest BCUT2D eigenvalue weighted by Gasteiger charge is 2.10. The molecule has 0 aliphatic heterocycles. The van der Waals surface area contributed by atoms with E-state index >= 15 is 0 Å². The fraction of sp³-hybridized carbons (Fsp3) is 0.333. The van der Waals surface area contributed by atoms with Crippen LogP contribution in [0.5, 0.6) is 0 Å². The molecule has 0 saturated heterocycles. The predicted molar refractivity (Wildman–Crippen MR) is 65.4 cm³/mol. The van der Waals surface area contributed by atoms with Crippen LogP contribution in [0.1, 0.15) is 22.3 Å². The molecule has 0 unspecified atom stereocenters. The van der Waals surface area contributed by atoms with Crippen molar-refractivity contribution in [1.82, 2.24) is 10.3 Å². The van der Waals surface area contributed by atoms with Gasteiger partial charge in [0.25, 0.3) is 0 Å². The van der Waals surface area contributed by atoms with Gasteiger partial charge in [-0.05, 0) is 13.1 Å². The predicted octanol–water partition coefficient (Wildman–Crippen LogP) is 0.411. The molecule has 0 atom stereocenters. The van der Waals surface area contributed by atoms with Crippen molar-refractivity contribution >= 4 is 11.8 Å². The molecule has 0 aromatic carbocycles. The van der Waals surface area contributed by atoms with Gasteiger partial charge in [-0.3, -0.25) is 0 Å². The molecule has 0 spiro atoms. The number of nitrogens with zero attached hydrogens (tertiary/aromatic N) is 1. The van der Waals surface area contributed by atoms with Crippen molar-refractivity contribution < 1.29 is 9.53 Å². The number of ether oxygens (including phenoxy) is 1. The van der Waals surface area contributed by atoms with Crippen LogP contribution in [0.25, 0.3) is 0 Å². The number of hydrogen-bond donors (Lipinski definition) is 2. The van der Waals surface area contributed by atoms with E-state index in [0.29, 0.717) is 5.56 Å². The number of esters is 1. The third kappa shape index (κ3) is 3.78. The summed E-state index contributed by atoms with van der Waals surface area (Å²) in [6.45, 7) is 0.819. The number of nitrogens with one attached hydrogen (secondary N) is 1. The maximum absolute atomic E-state index is 11.4. The summed E-state index contributed by atoms with van der Waals surface area (Å²) in [6, 6.07) is 1.58. The Morgan fingerprint density at radius 3 is 3.06 bits per heavy atom. The minimum Gasteiger partial charge on any atom is -0.465 e. The van der Waals surface area contributed by atoms with E-state index in [-0.39, 0.29) is 11.4 Å². The Hall–Kier alpha value is -2.06. The third-order valence-electron chi connectivity index (χ3n) is 2.06. The Kier molecular flexibility index (Phi) is 4.98. The van der Waals surface area contributed by atoms with Gasteiger partial charge in [-0.1, -0.05) is 11.8 Å². The largest absolute Gasteiger partial charge is 0.465 e. The summed E-state index contributed by atoms with van der Waals surface area (Å²) < 4.78 is 4.60. The van der Waals surface area contributed by atoms with Crippen LogP contribution in [0, 0.1) is 11.8 Å². The quantitative estimate of drug-likeness (QED) is 0.449. The second kappa shape index (κ2) is 6.51. The van der Waals surface area contributed by atoms with Gasteiger partial charge >= 0.3 is 5.97 Å². The molecule has 0 bridgehead atoms. The Morgan fingerprint density at radius 2 is 2.41 bits per heavy atom. The van der Waals surface area contributed by atoms with E-state index in [2.05, 4.69) is 26.9 Å². The molecule has 0 aliphatic carbocycles. The number of carbonyl (C=O) groups excluding carboxylic acids is 1. The van der Waals surface area contributed by atoms with E-state index in [9.17, 15) is 4.79 Å². The Bertz CT molecular complexity index is 461. The van der Waals surface area contributed by atoms with Gasteiger partial charge in [-0.2, -0.15) is 0 Å². The van der Waals surface area contributed by atoms with E-state index in [4.69, 9.17) is 5.73 Å². The maximum atomic E-state index is 11.4. The van der Waals surface area contributed by atoms with Crippen LogP contribution < -0.4 is 11.1 Å². The molecule has 0 radical (unpaired) electrons. The molecule has 1 rings (SSSR count). The highest BCUT2D eigenvalue weighted by atomic mass is 16.5. The summed E-state index contributed by atoms with van der Waals surface area (Å²) in [5, 5.41) is 2.99. The van der Waals surface area contributed by atoms with E-state index in [1.807, 2.05) is 7.05 Å². The van der Waals surface area contributed by atoms with Crippen molar-refractivity contribution in [3.63, 3.8) is 0 Å². The third-order valence-corrected chi connectivity index (χ3v) is 2.06. The van der Waals surface area contributed by atoms with Gasteiger partial charge in [0.1, 0.15) is 11.4 Å². The fourth-order valence-corrected chi connectivity index (χ4v) is 1.17. The Morgan fingerprint density at radius 1 is 1.65 bits per heavy atom. The molecule has 17 heavy (non-hydrogen) atoms. The zero-order valence-electron chi connectivity index (χ0n) is 9.91. The summed E-state index contributed by atoms with van der Waals surface area (Å²) >= 11 is 0. The van der Waals surface area contributed by atoms with Crippen LogP contribution in [0.3, 0.4) is 0 Å². The minimum absolute atomic E-state index is 0.151. The van der Waals surface area contributed by atoms with Crippen LogP contribution in [0.4, 0.5) is 5.82 Å². The minimum atomic E-state index is -0.506. The van der Waals surface area contributed by atoms with Crippen molar-refractivity contribution in [2.75, 3.05) is 26.4 Å². The van der Waals surface area contributed by atoms with Gasteiger partial charge in [-0.25, -0.2) is 9.78 Å². The molecule has 0 amide bonds. The van der Waals surface area contributed by atoms with Gasteiger partial charge in [0.15, 0.2) is 0 Å². The standard InChI is InChI=1S/C12H15N3O2/c1-14-6-4-3-5-9-7-10(12(16)17-2)11(13)15-8-9/h7-8,14H,4,6H2,1-2H3,(H2,13,15). The zero-order valence-corrected chi connectivity index (χ0v) is 9.91. The first-order valence-corrected chi connectivity index (χ1v) is 5.16. The van der Waals surface area contributed by atoms with Crippen molar-refractivity contribution in [3.8, 4) is 11.8 Å². The monoisotopic (exact) mass is 233 g/mol. The fourth-order valence-electron chi connectivity index (χ4n) is 1.17. The molecule has 1 aromatic rings. The molecule has 0 saturated carbocycles. The second-order valence-corrected chi connectivity index (χ2v) is 3.30. The molecule has 5 heteroatoms. The molecule has 0 aliphatic rings. The number of nitrogen functional groups attached to an aromatic ring is 1. The molecule has 90 valence electrons. The summed E-state index contributed by atoms with van der Waals surface area (Å²) in [7, 11) is 3.16. The van der Waals surface area contributed by atoms with E-state index in [0.717, 1.165) is 13.0 Å². The second-order valence-electron chi connectivity index (χ2n) is 3.30. The van der Waals surface area contributed by atoms with Crippen molar-refractivity contribution in [1.29, 1.82) is 0 Å². The highest BCUT2D eigenvalue weighted by Crippen LogP contribution is 2.11. The molecule has 1 aromatic heterocycles. The summed E-state index contributed by atoms with van der Waals surface area (Å²) in [5.41, 5.74) is 6.46. The van der Waals surface area contributed by atoms with Gasteiger partial charge in [0.05, 0.1) is 7.11 Å². The Balaban J connectivity index is 2.87. The maximum Gasteiger partial charge on any atom is 0.341 e. The van der Waals surface area contributed by atoms with Crippen LogP contribution >= 0.6 is 0 Å². The highest BCUT2D eigenvalue weighted by molar-refractivity contribution is 5.94. The lowest BCUT2D eigenvalue weighted by Gasteiger charge is -2.02.